The molecule has 1 heteroatoms. The fourth-order valence-electron chi connectivity index (χ4n) is 2.55. The van der Waals surface area contributed by atoms with Gasteiger partial charge in [0.15, 0.2) is 0 Å². The molecule has 1 aliphatic carbocycles. The van der Waals surface area contributed by atoms with E-state index in [-0.39, 0.29) is 5.60 Å². The van der Waals surface area contributed by atoms with Crippen molar-refractivity contribution in [2.75, 3.05) is 0 Å². The van der Waals surface area contributed by atoms with Gasteiger partial charge in [-0.25, -0.2) is 0 Å². The van der Waals surface area contributed by atoms with Gasteiger partial charge < -0.3 is 4.74 Å². The highest BCUT2D eigenvalue weighted by atomic mass is 16.5. The number of hydrogen-bond acceptors (Lipinski definition) is 1. The highest BCUT2D eigenvalue weighted by Crippen LogP contribution is 2.41. The molecule has 0 heterocycles. The molecule has 2 aromatic carbocycles. The maximum atomic E-state index is 6.08. The van der Waals surface area contributed by atoms with E-state index in [4.69, 9.17) is 4.74 Å². The molecule has 0 bridgehead atoms. The van der Waals surface area contributed by atoms with Crippen molar-refractivity contribution >= 4 is 0 Å². The van der Waals surface area contributed by atoms with E-state index in [0.29, 0.717) is 0 Å². The summed E-state index contributed by atoms with van der Waals surface area (Å²) in [5.74, 6) is 1.02. The third kappa shape index (κ3) is 1.90. The molecule has 0 amide bonds. The molecule has 1 aliphatic rings. The Labute approximate surface area is 108 Å². The summed E-state index contributed by atoms with van der Waals surface area (Å²) in [6, 6.07) is 15.0. The Morgan fingerprint density at radius 1 is 0.889 bits per heavy atom. The molecular formula is C17H18O. The lowest BCUT2D eigenvalue weighted by atomic mass is 10.1. The van der Waals surface area contributed by atoms with Crippen molar-refractivity contribution in [1.82, 2.24) is 0 Å². The van der Waals surface area contributed by atoms with E-state index in [1.807, 2.05) is 0 Å². The van der Waals surface area contributed by atoms with Crippen molar-refractivity contribution in [3.8, 4) is 16.9 Å². The van der Waals surface area contributed by atoms with Crippen molar-refractivity contribution in [3.63, 3.8) is 0 Å². The summed E-state index contributed by atoms with van der Waals surface area (Å²) < 4.78 is 6.08. The Balaban J connectivity index is 2.09. The summed E-state index contributed by atoms with van der Waals surface area (Å²) in [4.78, 5) is 0. The van der Waals surface area contributed by atoms with Gasteiger partial charge in [-0.15, -0.1) is 0 Å². The van der Waals surface area contributed by atoms with Gasteiger partial charge in [0, 0.05) is 12.0 Å². The van der Waals surface area contributed by atoms with Gasteiger partial charge in [-0.3, -0.25) is 0 Å². The van der Waals surface area contributed by atoms with Crippen LogP contribution in [0, 0.1) is 0 Å². The second-order valence-corrected chi connectivity index (χ2v) is 5.83. The Morgan fingerprint density at radius 2 is 1.61 bits per heavy atom. The molecule has 0 aliphatic heterocycles. The standard InChI is InChI=1S/C17H18O/c1-17(2,3)18-16-10-6-9-14-13-8-5-4-7-12(13)11-15(14)16/h4-10H,11H2,1-3H3. The quantitative estimate of drug-likeness (QED) is 0.609. The van der Waals surface area contributed by atoms with Crippen LogP contribution in [0.1, 0.15) is 31.9 Å². The Bertz CT molecular complexity index is 591. The van der Waals surface area contributed by atoms with Crippen molar-refractivity contribution in [2.24, 2.45) is 0 Å². The van der Waals surface area contributed by atoms with Gasteiger partial charge >= 0.3 is 0 Å². The normalized spacial score (nSPS) is 13.1. The second kappa shape index (κ2) is 3.88. The first-order valence-electron chi connectivity index (χ1n) is 6.44. The summed E-state index contributed by atoms with van der Waals surface area (Å²) >= 11 is 0. The number of fused-ring (bicyclic) bond motifs is 3. The third-order valence-corrected chi connectivity index (χ3v) is 3.22. The predicted molar refractivity (Wildman–Crippen MR) is 75.1 cm³/mol. The van der Waals surface area contributed by atoms with E-state index < -0.39 is 0 Å². The minimum Gasteiger partial charge on any atom is -0.488 e. The molecule has 0 N–H and O–H groups in total. The molecule has 0 atom stereocenters. The lowest BCUT2D eigenvalue weighted by molar-refractivity contribution is 0.130. The van der Waals surface area contributed by atoms with Crippen LogP contribution in [0.5, 0.6) is 5.75 Å². The van der Waals surface area contributed by atoms with Crippen LogP contribution in [-0.4, -0.2) is 5.60 Å². The fourth-order valence-corrected chi connectivity index (χ4v) is 2.55. The zero-order chi connectivity index (χ0) is 12.8. The predicted octanol–water partition coefficient (Wildman–Crippen LogP) is 4.44. The lowest BCUT2D eigenvalue weighted by Gasteiger charge is -2.23. The van der Waals surface area contributed by atoms with Crippen LogP contribution in [0.4, 0.5) is 0 Å². The van der Waals surface area contributed by atoms with Crippen LogP contribution in [0.3, 0.4) is 0 Å². The largest absolute Gasteiger partial charge is 0.488 e. The highest BCUT2D eigenvalue weighted by Gasteiger charge is 2.23. The second-order valence-electron chi connectivity index (χ2n) is 5.83. The molecule has 0 unspecified atom stereocenters. The molecule has 18 heavy (non-hydrogen) atoms. The van der Waals surface area contributed by atoms with Gasteiger partial charge in [-0.2, -0.15) is 0 Å². The minimum atomic E-state index is -0.149. The molecule has 0 saturated heterocycles. The highest BCUT2D eigenvalue weighted by molar-refractivity contribution is 5.78. The third-order valence-electron chi connectivity index (χ3n) is 3.22. The molecule has 2 aromatic rings. The van der Waals surface area contributed by atoms with Gasteiger partial charge in [0.25, 0.3) is 0 Å². The number of ether oxygens (including phenoxy) is 1. The van der Waals surface area contributed by atoms with E-state index >= 15 is 0 Å². The Hall–Kier alpha value is -1.76. The molecular weight excluding hydrogens is 220 g/mol. The first-order valence-corrected chi connectivity index (χ1v) is 6.44. The van der Waals surface area contributed by atoms with E-state index in [2.05, 4.69) is 63.2 Å². The van der Waals surface area contributed by atoms with Gasteiger partial charge in [0.1, 0.15) is 11.4 Å². The Morgan fingerprint density at radius 3 is 2.39 bits per heavy atom. The van der Waals surface area contributed by atoms with E-state index in [1.165, 1.54) is 22.3 Å². The summed E-state index contributed by atoms with van der Waals surface area (Å²) in [5, 5.41) is 0. The van der Waals surface area contributed by atoms with Crippen molar-refractivity contribution in [3.05, 3.63) is 53.6 Å². The van der Waals surface area contributed by atoms with Crippen LogP contribution in [0.2, 0.25) is 0 Å². The molecule has 0 saturated carbocycles. The van der Waals surface area contributed by atoms with Crippen molar-refractivity contribution in [1.29, 1.82) is 0 Å². The van der Waals surface area contributed by atoms with E-state index in [9.17, 15) is 0 Å². The lowest BCUT2D eigenvalue weighted by Crippen LogP contribution is -2.23. The molecule has 0 fully saturated rings. The molecule has 0 aromatic heterocycles. The van der Waals surface area contributed by atoms with E-state index in [0.717, 1.165) is 12.2 Å². The monoisotopic (exact) mass is 238 g/mol. The SMILES string of the molecule is CC(C)(C)Oc1cccc2c1Cc1ccccc1-2. The van der Waals surface area contributed by atoms with Crippen molar-refractivity contribution < 1.29 is 4.74 Å². The summed E-state index contributed by atoms with van der Waals surface area (Å²) in [7, 11) is 0. The molecule has 0 radical (unpaired) electrons. The summed E-state index contributed by atoms with van der Waals surface area (Å²) in [6.07, 6.45) is 0.984. The average Bonchev–Trinajstić information content (AvgIpc) is 2.67. The Kier molecular flexibility index (Phi) is 2.44. The summed E-state index contributed by atoms with van der Waals surface area (Å²) in [5.41, 5.74) is 5.26. The van der Waals surface area contributed by atoms with E-state index in [1.54, 1.807) is 0 Å². The number of hydrogen-bond donors (Lipinski definition) is 0. The smallest absolute Gasteiger partial charge is 0.124 e. The number of benzene rings is 2. The summed E-state index contributed by atoms with van der Waals surface area (Å²) in [6.45, 7) is 6.28. The van der Waals surface area contributed by atoms with Crippen LogP contribution in [-0.2, 0) is 6.42 Å². The molecule has 0 spiro atoms. The van der Waals surface area contributed by atoms with Gasteiger partial charge in [-0.05, 0) is 43.5 Å². The molecule has 92 valence electrons. The van der Waals surface area contributed by atoms with Crippen LogP contribution >= 0.6 is 0 Å². The van der Waals surface area contributed by atoms with Crippen LogP contribution < -0.4 is 4.74 Å². The maximum Gasteiger partial charge on any atom is 0.124 e. The fraction of sp³-hybridized carbons (Fsp3) is 0.294. The zero-order valence-corrected chi connectivity index (χ0v) is 11.2. The minimum absolute atomic E-state index is 0.149. The van der Waals surface area contributed by atoms with Crippen molar-refractivity contribution in [2.45, 2.75) is 32.8 Å². The van der Waals surface area contributed by atoms with Crippen LogP contribution in [0.15, 0.2) is 42.5 Å². The van der Waals surface area contributed by atoms with Gasteiger partial charge in [-0.1, -0.05) is 36.4 Å². The first-order chi connectivity index (χ1) is 8.54. The molecule has 3 rings (SSSR count). The van der Waals surface area contributed by atoms with Crippen LogP contribution in [0.25, 0.3) is 11.1 Å². The maximum absolute atomic E-state index is 6.08. The average molecular weight is 238 g/mol. The van der Waals surface area contributed by atoms with Gasteiger partial charge in [0.05, 0.1) is 0 Å². The number of rotatable bonds is 1. The van der Waals surface area contributed by atoms with Gasteiger partial charge in [0.2, 0.25) is 0 Å². The zero-order valence-electron chi connectivity index (χ0n) is 11.2. The first kappa shape index (κ1) is 11.3. The topological polar surface area (TPSA) is 9.23 Å². The molecule has 1 nitrogen and oxygen atoms in total.